The minimum atomic E-state index is -3.50. The lowest BCUT2D eigenvalue weighted by atomic mass is 9.77. The third kappa shape index (κ3) is 12.2. The first kappa shape index (κ1) is 43.2. The van der Waals surface area contributed by atoms with Gasteiger partial charge in [-0.1, -0.05) is 64.4 Å². The van der Waals surface area contributed by atoms with Gasteiger partial charge in [-0.05, 0) is 63.6 Å². The van der Waals surface area contributed by atoms with E-state index in [1.165, 1.54) is 18.3 Å². The zero-order valence-corrected chi connectivity index (χ0v) is 33.9. The fourth-order valence-corrected chi connectivity index (χ4v) is 8.23. The lowest BCUT2D eigenvalue weighted by Gasteiger charge is -2.43. The molecule has 1 aromatic heterocycles. The molecule has 0 spiro atoms. The van der Waals surface area contributed by atoms with Gasteiger partial charge in [0.15, 0.2) is 11.9 Å². The van der Waals surface area contributed by atoms with Gasteiger partial charge in [0, 0.05) is 56.7 Å². The second-order valence-corrected chi connectivity index (χ2v) is 17.6. The molecule has 1 aliphatic rings. The first-order chi connectivity index (χ1) is 24.4. The summed E-state index contributed by atoms with van der Waals surface area (Å²) in [7, 11) is 0.240. The van der Waals surface area contributed by atoms with Gasteiger partial charge in [-0.25, -0.2) is 18.1 Å². The van der Waals surface area contributed by atoms with E-state index in [0.29, 0.717) is 11.4 Å². The summed E-state index contributed by atoms with van der Waals surface area (Å²) in [5.41, 5.74) is 0.434. The van der Waals surface area contributed by atoms with E-state index >= 15 is 0 Å². The van der Waals surface area contributed by atoms with Crippen LogP contribution in [0.2, 0.25) is 0 Å². The molecule has 1 fully saturated rings. The molecule has 0 saturated carbocycles. The zero-order valence-electron chi connectivity index (χ0n) is 32.3. The van der Waals surface area contributed by atoms with Crippen molar-refractivity contribution >= 4 is 44.9 Å². The number of nitrogens with zero attached hydrogens (tertiary/aromatic N) is 3. The van der Waals surface area contributed by atoms with Crippen molar-refractivity contribution in [2.45, 2.75) is 110 Å². The van der Waals surface area contributed by atoms with Crippen LogP contribution in [0.25, 0.3) is 0 Å². The van der Waals surface area contributed by atoms with Crippen LogP contribution in [0.1, 0.15) is 107 Å². The highest BCUT2D eigenvalue weighted by molar-refractivity contribution is 7.88. The average molecular weight is 762 g/mol. The Morgan fingerprint density at radius 1 is 1.12 bits per heavy atom. The van der Waals surface area contributed by atoms with E-state index in [-0.39, 0.29) is 54.6 Å². The first-order valence-electron chi connectivity index (χ1n) is 18.3. The number of carbonyl (C=O) groups is 4. The number of benzene rings is 1. The number of esters is 1. The van der Waals surface area contributed by atoms with E-state index in [1.807, 2.05) is 72.0 Å². The van der Waals surface area contributed by atoms with Crippen molar-refractivity contribution in [3.05, 3.63) is 52.0 Å². The van der Waals surface area contributed by atoms with E-state index in [2.05, 4.69) is 19.9 Å². The smallest absolute Gasteiger partial charge is 0.303 e. The molecule has 2 heterocycles. The number of piperidine rings is 1. The normalized spacial score (nSPS) is 19.7. The van der Waals surface area contributed by atoms with Gasteiger partial charge >= 0.3 is 5.97 Å². The van der Waals surface area contributed by atoms with Crippen LogP contribution in [0.15, 0.2) is 35.7 Å². The topological polar surface area (TPSA) is 155 Å². The number of nitrogens with one attached hydrogen (secondary N) is 2. The third-order valence-electron chi connectivity index (χ3n) is 10.6. The highest BCUT2D eigenvalue weighted by atomic mass is 32.2. The SMILES string of the molecule is CC[C@H](C)[C@H](CC(=O)[C@@]1(C)CCCCN1C)C(=O)N(C)[C@H](C[C@@H](OC(C)=O)c1nc(C(=O)N[C@H](CNS(C)(=O)=O)Cc2ccccc2)cs1)C(C)C. The molecule has 1 aliphatic heterocycles. The Hall–Kier alpha value is -3.20. The predicted molar refractivity (Wildman–Crippen MR) is 204 cm³/mol. The number of ether oxygens (including phenoxy) is 1. The van der Waals surface area contributed by atoms with E-state index in [4.69, 9.17) is 4.74 Å². The number of likely N-dealkylation sites (N-methyl/N-ethyl adjacent to an activating group) is 1. The average Bonchev–Trinajstić information content (AvgIpc) is 3.59. The van der Waals surface area contributed by atoms with Gasteiger partial charge in [-0.3, -0.25) is 24.1 Å². The lowest BCUT2D eigenvalue weighted by Crippen LogP contribution is -2.54. The number of Topliss-reactive ketones (excluding diaryl/α,β-unsaturated/α-hetero) is 1. The van der Waals surface area contributed by atoms with Crippen LogP contribution >= 0.6 is 11.3 Å². The number of sulfonamides is 1. The minimum Gasteiger partial charge on any atom is -0.455 e. The maximum absolute atomic E-state index is 14.3. The molecular weight excluding hydrogens is 703 g/mol. The van der Waals surface area contributed by atoms with Gasteiger partial charge in [-0.2, -0.15) is 0 Å². The van der Waals surface area contributed by atoms with Gasteiger partial charge in [0.1, 0.15) is 10.7 Å². The van der Waals surface area contributed by atoms with E-state index < -0.39 is 45.5 Å². The standard InChI is InChI=1S/C38H59N5O7S2/c1-10-26(4)30(21-34(45)38(6)18-14-15-19-42(38)7)37(47)43(8)32(25(2)3)22-33(50-27(5)44)36-41-31(24-51-36)35(46)40-29(23-39-52(9,48)49)20-28-16-12-11-13-17-28/h11-13,16-17,24-26,29-30,32-33,39H,10,14-15,18-23H2,1-9H3,(H,40,46)/t26-,29-,30-,32+,33+,38+/m0/s1. The molecule has 0 unspecified atom stereocenters. The number of likely N-dealkylation sites (tertiary alicyclic amines) is 1. The summed E-state index contributed by atoms with van der Waals surface area (Å²) in [4.78, 5) is 62.3. The van der Waals surface area contributed by atoms with E-state index in [1.54, 1.807) is 17.3 Å². The van der Waals surface area contributed by atoms with Crippen LogP contribution in [-0.4, -0.2) is 97.8 Å². The van der Waals surface area contributed by atoms with Crippen molar-refractivity contribution < 1.29 is 32.3 Å². The minimum absolute atomic E-state index is 0.0118. The summed E-state index contributed by atoms with van der Waals surface area (Å²) in [6.07, 6.45) is 4.57. The number of amides is 2. The predicted octanol–water partition coefficient (Wildman–Crippen LogP) is 5.01. The Bertz CT molecular complexity index is 1620. The van der Waals surface area contributed by atoms with Crippen LogP contribution in [0.4, 0.5) is 0 Å². The first-order valence-corrected chi connectivity index (χ1v) is 21.1. The van der Waals surface area contributed by atoms with Crippen molar-refractivity contribution in [1.29, 1.82) is 0 Å². The van der Waals surface area contributed by atoms with Crippen LogP contribution in [0.5, 0.6) is 0 Å². The summed E-state index contributed by atoms with van der Waals surface area (Å²) < 4.78 is 31.9. The van der Waals surface area contributed by atoms with Crippen molar-refractivity contribution in [3.63, 3.8) is 0 Å². The molecule has 52 heavy (non-hydrogen) atoms. The molecular formula is C38H59N5O7S2. The number of ketones is 1. The number of carbonyl (C=O) groups excluding carboxylic acids is 4. The number of hydrogen-bond acceptors (Lipinski definition) is 10. The third-order valence-corrected chi connectivity index (χ3v) is 12.2. The quantitative estimate of drug-likeness (QED) is 0.188. The maximum atomic E-state index is 14.3. The lowest BCUT2D eigenvalue weighted by molar-refractivity contribution is -0.150. The summed E-state index contributed by atoms with van der Waals surface area (Å²) in [6.45, 7) is 12.2. The Balaban J connectivity index is 1.82. The Morgan fingerprint density at radius 2 is 1.79 bits per heavy atom. The molecule has 2 N–H and O–H groups in total. The van der Waals surface area contributed by atoms with Gasteiger partial charge < -0.3 is 15.0 Å². The Morgan fingerprint density at radius 3 is 2.37 bits per heavy atom. The van der Waals surface area contributed by atoms with E-state index in [9.17, 15) is 27.6 Å². The van der Waals surface area contributed by atoms with Crippen molar-refractivity contribution in [3.8, 4) is 0 Å². The number of hydrogen-bond donors (Lipinski definition) is 2. The molecule has 1 aromatic carbocycles. The molecule has 6 atom stereocenters. The molecule has 12 nitrogen and oxygen atoms in total. The molecule has 0 radical (unpaired) electrons. The van der Waals surface area contributed by atoms with Gasteiger partial charge in [0.25, 0.3) is 5.91 Å². The summed E-state index contributed by atoms with van der Waals surface area (Å²) in [5.74, 6) is -1.60. The molecule has 3 rings (SSSR count). The second-order valence-electron chi connectivity index (χ2n) is 14.9. The molecule has 0 aliphatic carbocycles. The summed E-state index contributed by atoms with van der Waals surface area (Å²) in [5, 5.41) is 4.89. The molecule has 0 bridgehead atoms. The summed E-state index contributed by atoms with van der Waals surface area (Å²) >= 11 is 1.18. The van der Waals surface area contributed by atoms with Gasteiger partial charge in [0.05, 0.1) is 11.8 Å². The largest absolute Gasteiger partial charge is 0.455 e. The highest BCUT2D eigenvalue weighted by Gasteiger charge is 2.42. The number of thiazole rings is 1. The fraction of sp³-hybridized carbons (Fsp3) is 0.658. The molecule has 2 aromatic rings. The van der Waals surface area contributed by atoms with E-state index in [0.717, 1.165) is 44.0 Å². The van der Waals surface area contributed by atoms with Crippen molar-refractivity contribution in [2.24, 2.45) is 17.8 Å². The van der Waals surface area contributed by atoms with Crippen LogP contribution in [-0.2, 0) is 35.6 Å². The van der Waals surface area contributed by atoms with Crippen molar-refractivity contribution in [1.82, 2.24) is 24.8 Å². The van der Waals surface area contributed by atoms with Crippen molar-refractivity contribution in [2.75, 3.05) is 33.4 Å². The van der Waals surface area contributed by atoms with Crippen LogP contribution < -0.4 is 10.0 Å². The van der Waals surface area contributed by atoms with Gasteiger partial charge in [0.2, 0.25) is 15.9 Å². The molecule has 290 valence electrons. The molecule has 1 saturated heterocycles. The number of rotatable bonds is 19. The summed E-state index contributed by atoms with van der Waals surface area (Å²) in [6, 6.07) is 8.49. The fourth-order valence-electron chi connectivity index (χ4n) is 6.89. The Labute approximate surface area is 314 Å². The van der Waals surface area contributed by atoms with Gasteiger partial charge in [-0.15, -0.1) is 11.3 Å². The highest BCUT2D eigenvalue weighted by Crippen LogP contribution is 2.35. The Kier molecular flexibility index (Phi) is 16.0. The zero-order chi connectivity index (χ0) is 38.8. The van der Waals surface area contributed by atoms with Crippen LogP contribution in [0.3, 0.4) is 0 Å². The number of aromatic nitrogens is 1. The molecule has 2 amide bonds. The molecule has 14 heteroatoms. The van der Waals surface area contributed by atoms with Crippen LogP contribution in [0, 0.1) is 17.8 Å². The maximum Gasteiger partial charge on any atom is 0.303 e. The monoisotopic (exact) mass is 761 g/mol. The second kappa shape index (κ2) is 19.2.